The molecule has 1 atom stereocenters. The Labute approximate surface area is 140 Å². The second-order valence-electron chi connectivity index (χ2n) is 7.36. The number of carbonyl (C=O) groups is 2. The van der Waals surface area contributed by atoms with Crippen LogP contribution < -0.4 is 0 Å². The van der Waals surface area contributed by atoms with Crippen LogP contribution in [0.2, 0.25) is 0 Å². The zero-order valence-electron chi connectivity index (χ0n) is 14.0. The van der Waals surface area contributed by atoms with Crippen LogP contribution in [0.25, 0.3) is 0 Å². The lowest BCUT2D eigenvalue weighted by Gasteiger charge is -2.41. The van der Waals surface area contributed by atoms with E-state index < -0.39 is 4.92 Å². The van der Waals surface area contributed by atoms with Crippen LogP contribution >= 0.6 is 0 Å². The highest BCUT2D eigenvalue weighted by atomic mass is 16.6. The van der Waals surface area contributed by atoms with Crippen LogP contribution in [0.4, 0.5) is 5.69 Å². The van der Waals surface area contributed by atoms with Crippen LogP contribution in [0.1, 0.15) is 44.6 Å². The Morgan fingerprint density at radius 2 is 1.79 bits per heavy atom. The quantitative estimate of drug-likeness (QED) is 0.617. The van der Waals surface area contributed by atoms with Gasteiger partial charge in [0.1, 0.15) is 0 Å². The van der Waals surface area contributed by atoms with Gasteiger partial charge in [0.25, 0.3) is 5.69 Å². The summed E-state index contributed by atoms with van der Waals surface area (Å²) in [6.07, 6.45) is 1.36. The van der Waals surface area contributed by atoms with Crippen LogP contribution in [-0.2, 0) is 9.59 Å². The molecule has 0 saturated carbocycles. The van der Waals surface area contributed by atoms with E-state index in [2.05, 4.69) is 0 Å². The minimum atomic E-state index is -0.456. The maximum absolute atomic E-state index is 12.8. The Hall–Kier alpha value is -2.50. The standard InChI is InChI=1S/C18H20N2O4/c1-18(2)9-14-17(15(21)10-18)13(8-16(22)19(14)3)11-4-6-12(7-5-11)20(23)24/h4-7,13H,8-10H2,1-3H3/t13-/m0/s1. The lowest BCUT2D eigenvalue weighted by Crippen LogP contribution is -2.41. The second-order valence-corrected chi connectivity index (χ2v) is 7.36. The number of hydrogen-bond donors (Lipinski definition) is 0. The predicted octanol–water partition coefficient (Wildman–Crippen LogP) is 3.18. The van der Waals surface area contributed by atoms with Crippen molar-refractivity contribution >= 4 is 17.4 Å². The van der Waals surface area contributed by atoms with Crippen LogP contribution in [0.5, 0.6) is 0 Å². The van der Waals surface area contributed by atoms with E-state index >= 15 is 0 Å². The summed E-state index contributed by atoms with van der Waals surface area (Å²) in [6.45, 7) is 4.06. The number of nitrogens with zero attached hydrogens (tertiary/aromatic N) is 2. The Morgan fingerprint density at radius 3 is 2.38 bits per heavy atom. The number of amides is 1. The Bertz CT molecular complexity index is 762. The van der Waals surface area contributed by atoms with Gasteiger partial charge in [-0.3, -0.25) is 19.7 Å². The third-order valence-electron chi connectivity index (χ3n) is 4.91. The smallest absolute Gasteiger partial charge is 0.269 e. The first kappa shape index (κ1) is 16.4. The molecular formula is C18H20N2O4. The summed E-state index contributed by atoms with van der Waals surface area (Å²) in [6, 6.07) is 6.16. The zero-order chi connectivity index (χ0) is 17.6. The van der Waals surface area contributed by atoms with Gasteiger partial charge in [0, 0.05) is 49.2 Å². The summed E-state index contributed by atoms with van der Waals surface area (Å²) in [5, 5.41) is 10.8. The maximum atomic E-state index is 12.8. The van der Waals surface area contributed by atoms with E-state index in [-0.39, 0.29) is 35.1 Å². The van der Waals surface area contributed by atoms with Gasteiger partial charge in [-0.1, -0.05) is 26.0 Å². The molecule has 0 saturated heterocycles. The molecule has 1 amide bonds. The molecule has 1 aliphatic heterocycles. The van der Waals surface area contributed by atoms with Gasteiger partial charge in [-0.25, -0.2) is 0 Å². The van der Waals surface area contributed by atoms with E-state index in [1.165, 1.54) is 12.1 Å². The van der Waals surface area contributed by atoms with Crippen molar-refractivity contribution in [3.05, 3.63) is 51.2 Å². The third kappa shape index (κ3) is 2.72. The normalized spacial score (nSPS) is 23.3. The summed E-state index contributed by atoms with van der Waals surface area (Å²) in [4.78, 5) is 37.1. The van der Waals surface area contributed by atoms with Crippen molar-refractivity contribution in [3.63, 3.8) is 0 Å². The highest BCUT2D eigenvalue weighted by Crippen LogP contribution is 2.46. The molecule has 24 heavy (non-hydrogen) atoms. The Balaban J connectivity index is 2.07. The van der Waals surface area contributed by atoms with Gasteiger partial charge in [-0.2, -0.15) is 0 Å². The lowest BCUT2D eigenvalue weighted by atomic mass is 9.69. The monoisotopic (exact) mass is 328 g/mol. The second kappa shape index (κ2) is 5.54. The number of ketones is 1. The highest BCUT2D eigenvalue weighted by Gasteiger charge is 2.42. The van der Waals surface area contributed by atoms with Gasteiger partial charge < -0.3 is 4.90 Å². The SMILES string of the molecule is CN1C(=O)C[C@@H](c2ccc([N+](=O)[O-])cc2)C2=C1CC(C)(C)CC2=O. The Morgan fingerprint density at radius 1 is 1.17 bits per heavy atom. The van der Waals surface area contributed by atoms with E-state index in [1.54, 1.807) is 24.1 Å². The van der Waals surface area contributed by atoms with E-state index in [0.717, 1.165) is 11.3 Å². The first-order valence-corrected chi connectivity index (χ1v) is 7.97. The molecule has 6 nitrogen and oxygen atoms in total. The van der Waals surface area contributed by atoms with Crippen molar-refractivity contribution < 1.29 is 14.5 Å². The van der Waals surface area contributed by atoms with Crippen molar-refractivity contribution in [1.29, 1.82) is 0 Å². The maximum Gasteiger partial charge on any atom is 0.269 e. The number of nitro benzene ring substituents is 1. The Kier molecular flexibility index (Phi) is 3.78. The van der Waals surface area contributed by atoms with E-state index in [1.807, 2.05) is 13.8 Å². The van der Waals surface area contributed by atoms with Crippen LogP contribution in [0, 0.1) is 15.5 Å². The molecule has 0 spiro atoms. The third-order valence-corrected chi connectivity index (χ3v) is 4.91. The van der Waals surface area contributed by atoms with Gasteiger partial charge in [-0.05, 0) is 17.4 Å². The van der Waals surface area contributed by atoms with Gasteiger partial charge in [-0.15, -0.1) is 0 Å². The molecule has 0 bridgehead atoms. The molecule has 1 aromatic carbocycles. The number of carbonyl (C=O) groups excluding carboxylic acids is 2. The average Bonchev–Trinajstić information content (AvgIpc) is 2.50. The molecule has 1 heterocycles. The number of allylic oxidation sites excluding steroid dienone is 2. The molecule has 0 unspecified atom stereocenters. The first-order valence-electron chi connectivity index (χ1n) is 7.97. The molecule has 2 aliphatic rings. The molecule has 0 radical (unpaired) electrons. The highest BCUT2D eigenvalue weighted by molar-refractivity contribution is 6.02. The van der Waals surface area contributed by atoms with E-state index in [4.69, 9.17) is 0 Å². The number of hydrogen-bond acceptors (Lipinski definition) is 4. The van der Waals surface area contributed by atoms with Crippen molar-refractivity contribution in [2.75, 3.05) is 7.05 Å². The fraction of sp³-hybridized carbons (Fsp3) is 0.444. The minimum Gasteiger partial charge on any atom is -0.319 e. The fourth-order valence-corrected chi connectivity index (χ4v) is 3.67. The lowest BCUT2D eigenvalue weighted by molar-refractivity contribution is -0.384. The summed E-state index contributed by atoms with van der Waals surface area (Å²) in [5.41, 5.74) is 2.12. The number of rotatable bonds is 2. The molecule has 6 heteroatoms. The van der Waals surface area contributed by atoms with Gasteiger partial charge >= 0.3 is 0 Å². The number of benzene rings is 1. The van der Waals surface area contributed by atoms with E-state index in [0.29, 0.717) is 18.4 Å². The molecule has 1 aromatic rings. The van der Waals surface area contributed by atoms with Crippen molar-refractivity contribution in [2.24, 2.45) is 5.41 Å². The van der Waals surface area contributed by atoms with Crippen molar-refractivity contribution in [1.82, 2.24) is 4.90 Å². The first-order chi connectivity index (χ1) is 11.2. The number of Topliss-reactive ketones (excluding diaryl/α,β-unsaturated/α-hetero) is 1. The van der Waals surface area contributed by atoms with Crippen LogP contribution in [0.3, 0.4) is 0 Å². The average molecular weight is 328 g/mol. The predicted molar refractivity (Wildman–Crippen MR) is 88.3 cm³/mol. The van der Waals surface area contributed by atoms with Crippen LogP contribution in [-0.4, -0.2) is 28.6 Å². The van der Waals surface area contributed by atoms with Crippen molar-refractivity contribution in [3.8, 4) is 0 Å². The number of non-ortho nitro benzene ring substituents is 1. The van der Waals surface area contributed by atoms with Crippen LogP contribution in [0.15, 0.2) is 35.5 Å². The topological polar surface area (TPSA) is 80.5 Å². The summed E-state index contributed by atoms with van der Waals surface area (Å²) in [5.74, 6) is -0.264. The zero-order valence-corrected chi connectivity index (χ0v) is 14.0. The molecule has 0 fully saturated rings. The molecule has 0 aromatic heterocycles. The number of nitro groups is 1. The van der Waals surface area contributed by atoms with Crippen molar-refractivity contribution in [2.45, 2.75) is 39.0 Å². The fourth-order valence-electron chi connectivity index (χ4n) is 3.67. The summed E-state index contributed by atoms with van der Waals surface area (Å²) < 4.78 is 0. The summed E-state index contributed by atoms with van der Waals surface area (Å²) >= 11 is 0. The molecule has 1 aliphatic carbocycles. The summed E-state index contributed by atoms with van der Waals surface area (Å²) in [7, 11) is 1.72. The largest absolute Gasteiger partial charge is 0.319 e. The molecule has 126 valence electrons. The molecule has 3 rings (SSSR count). The van der Waals surface area contributed by atoms with E-state index in [9.17, 15) is 19.7 Å². The molecular weight excluding hydrogens is 308 g/mol. The van der Waals surface area contributed by atoms with Gasteiger partial charge in [0.05, 0.1) is 4.92 Å². The minimum absolute atomic E-state index is 0.00307. The molecule has 0 N–H and O–H groups in total. The van der Waals surface area contributed by atoms with Gasteiger partial charge in [0.15, 0.2) is 5.78 Å². The van der Waals surface area contributed by atoms with Gasteiger partial charge in [0.2, 0.25) is 5.91 Å².